The first-order valence-electron chi connectivity index (χ1n) is 9.50. The van der Waals surface area contributed by atoms with Gasteiger partial charge in [-0.1, -0.05) is 12.1 Å². The van der Waals surface area contributed by atoms with Crippen molar-refractivity contribution in [3.05, 3.63) is 53.8 Å². The maximum Gasteiger partial charge on any atom is 0.414 e. The van der Waals surface area contributed by atoms with Crippen molar-refractivity contribution in [1.29, 1.82) is 0 Å². The fraction of sp³-hybridized carbons (Fsp3) is 0.333. The molecule has 8 heteroatoms. The normalized spacial score (nSPS) is 19.8. The van der Waals surface area contributed by atoms with Crippen molar-refractivity contribution >= 4 is 23.7 Å². The first-order valence-corrected chi connectivity index (χ1v) is 9.50. The smallest absolute Gasteiger partial charge is 0.414 e. The van der Waals surface area contributed by atoms with Gasteiger partial charge in [0.05, 0.1) is 37.7 Å². The number of benzene rings is 2. The number of rotatable bonds is 5. The topological polar surface area (TPSA) is 74.6 Å². The molecule has 2 saturated heterocycles. The number of carbonyl (C=O) groups excluding carboxylic acids is 1. The van der Waals surface area contributed by atoms with Crippen LogP contribution < -0.4 is 9.80 Å². The molecule has 2 aliphatic heterocycles. The van der Waals surface area contributed by atoms with Gasteiger partial charge in [-0.25, -0.2) is 9.18 Å². The molecule has 0 saturated carbocycles. The lowest BCUT2D eigenvalue weighted by Crippen LogP contribution is -2.36. The molecule has 0 unspecified atom stereocenters. The summed E-state index contributed by atoms with van der Waals surface area (Å²) in [4.78, 5) is 19.8. The van der Waals surface area contributed by atoms with Crippen LogP contribution in [0.25, 0.3) is 0 Å². The standard InChI is InChI=1S/C21H22FN3O4/c22-18-11-16(5-6-19(18)24-7-9-28-10-8-24)25-14-17(29-21(25)27)13-23-12-15-3-1-2-4-20(15)26/h1-6,11-12,17,26H,7-10,13-14H2/t17-/m0/s1. The van der Waals surface area contributed by atoms with E-state index < -0.39 is 12.2 Å². The summed E-state index contributed by atoms with van der Waals surface area (Å²) in [5, 5.41) is 9.75. The number of morpholine rings is 1. The molecule has 2 aromatic carbocycles. The number of para-hydroxylation sites is 1. The minimum absolute atomic E-state index is 0.136. The van der Waals surface area contributed by atoms with Crippen LogP contribution in [0.1, 0.15) is 5.56 Å². The Morgan fingerprint density at radius 3 is 2.76 bits per heavy atom. The van der Waals surface area contributed by atoms with Crippen LogP contribution in [0.3, 0.4) is 0 Å². The van der Waals surface area contributed by atoms with Gasteiger partial charge in [0.15, 0.2) is 0 Å². The third kappa shape index (κ3) is 4.32. The number of phenols is 1. The number of cyclic esters (lactones) is 1. The van der Waals surface area contributed by atoms with Gasteiger partial charge in [-0.2, -0.15) is 0 Å². The Bertz CT molecular complexity index is 915. The first-order chi connectivity index (χ1) is 14.1. The highest BCUT2D eigenvalue weighted by Gasteiger charge is 2.32. The van der Waals surface area contributed by atoms with E-state index in [4.69, 9.17) is 9.47 Å². The molecule has 0 bridgehead atoms. The zero-order valence-corrected chi connectivity index (χ0v) is 15.8. The van der Waals surface area contributed by atoms with E-state index >= 15 is 0 Å². The third-order valence-electron chi connectivity index (χ3n) is 4.94. The lowest BCUT2D eigenvalue weighted by atomic mass is 10.2. The van der Waals surface area contributed by atoms with Crippen LogP contribution in [-0.4, -0.2) is 62.9 Å². The number of halogens is 1. The maximum atomic E-state index is 14.6. The predicted octanol–water partition coefficient (Wildman–Crippen LogP) is 2.81. The SMILES string of the molecule is O=C1O[C@@H](CN=Cc2ccccc2O)CN1c1ccc(N2CCOCC2)c(F)c1. The second kappa shape index (κ2) is 8.48. The average Bonchev–Trinajstić information content (AvgIpc) is 3.10. The summed E-state index contributed by atoms with van der Waals surface area (Å²) in [6.45, 7) is 2.96. The lowest BCUT2D eigenvalue weighted by Gasteiger charge is -2.29. The first kappa shape index (κ1) is 19.2. The van der Waals surface area contributed by atoms with Crippen LogP contribution in [0.4, 0.5) is 20.6 Å². The van der Waals surface area contributed by atoms with Crippen LogP contribution in [-0.2, 0) is 9.47 Å². The quantitative estimate of drug-likeness (QED) is 0.783. The molecule has 0 aromatic heterocycles. The second-order valence-electron chi connectivity index (χ2n) is 6.90. The van der Waals surface area contributed by atoms with E-state index in [0.717, 1.165) is 0 Å². The molecule has 2 heterocycles. The second-order valence-corrected chi connectivity index (χ2v) is 6.90. The third-order valence-corrected chi connectivity index (χ3v) is 4.94. The minimum atomic E-state index is -0.522. The van der Waals surface area contributed by atoms with Crippen molar-refractivity contribution in [2.24, 2.45) is 4.99 Å². The van der Waals surface area contributed by atoms with Gasteiger partial charge in [0.25, 0.3) is 0 Å². The zero-order valence-electron chi connectivity index (χ0n) is 15.8. The number of ether oxygens (including phenoxy) is 2. The Labute approximate surface area is 168 Å². The Balaban J connectivity index is 1.40. The van der Waals surface area contributed by atoms with Crippen LogP contribution >= 0.6 is 0 Å². The number of anilines is 2. The molecule has 0 aliphatic carbocycles. The summed E-state index contributed by atoms with van der Waals surface area (Å²) in [5.74, 6) is -0.240. The number of nitrogens with zero attached hydrogens (tertiary/aromatic N) is 3. The summed E-state index contributed by atoms with van der Waals surface area (Å²) in [6.07, 6.45) is 0.584. The molecule has 1 atom stereocenters. The summed E-state index contributed by atoms with van der Waals surface area (Å²) in [7, 11) is 0. The van der Waals surface area contributed by atoms with E-state index in [-0.39, 0.29) is 24.7 Å². The Hall–Kier alpha value is -3.13. The zero-order chi connectivity index (χ0) is 20.2. The van der Waals surface area contributed by atoms with E-state index in [1.807, 2.05) is 4.90 Å². The van der Waals surface area contributed by atoms with Gasteiger partial charge in [0.2, 0.25) is 0 Å². The van der Waals surface area contributed by atoms with E-state index in [9.17, 15) is 14.3 Å². The van der Waals surface area contributed by atoms with Crippen molar-refractivity contribution in [2.75, 3.05) is 49.2 Å². The monoisotopic (exact) mass is 399 g/mol. The van der Waals surface area contributed by atoms with E-state index in [0.29, 0.717) is 43.2 Å². The van der Waals surface area contributed by atoms with Crippen LogP contribution in [0, 0.1) is 5.82 Å². The molecule has 152 valence electrons. The number of carbonyl (C=O) groups is 1. The summed E-state index contributed by atoms with van der Waals surface area (Å²) in [5.41, 5.74) is 1.56. The highest BCUT2D eigenvalue weighted by atomic mass is 19.1. The molecule has 0 radical (unpaired) electrons. The number of hydrogen-bond donors (Lipinski definition) is 1. The predicted molar refractivity (Wildman–Crippen MR) is 108 cm³/mol. The van der Waals surface area contributed by atoms with Gasteiger partial charge in [0.1, 0.15) is 17.7 Å². The van der Waals surface area contributed by atoms with Crippen LogP contribution in [0.15, 0.2) is 47.5 Å². The molecule has 2 aromatic rings. The van der Waals surface area contributed by atoms with Crippen molar-refractivity contribution in [2.45, 2.75) is 6.10 Å². The minimum Gasteiger partial charge on any atom is -0.507 e. The van der Waals surface area contributed by atoms with Crippen molar-refractivity contribution in [1.82, 2.24) is 0 Å². The Morgan fingerprint density at radius 1 is 1.21 bits per heavy atom. The van der Waals surface area contributed by atoms with E-state index in [2.05, 4.69) is 4.99 Å². The molecule has 1 N–H and O–H groups in total. The van der Waals surface area contributed by atoms with Gasteiger partial charge < -0.3 is 19.5 Å². The highest BCUT2D eigenvalue weighted by molar-refractivity contribution is 5.90. The van der Waals surface area contributed by atoms with Gasteiger partial charge in [-0.05, 0) is 30.3 Å². The molecule has 1 amide bonds. The van der Waals surface area contributed by atoms with Gasteiger partial charge in [0, 0.05) is 24.9 Å². The van der Waals surface area contributed by atoms with Crippen LogP contribution in [0.2, 0.25) is 0 Å². The van der Waals surface area contributed by atoms with E-state index in [1.165, 1.54) is 11.0 Å². The highest BCUT2D eigenvalue weighted by Crippen LogP contribution is 2.28. The fourth-order valence-electron chi connectivity index (χ4n) is 3.42. The summed E-state index contributed by atoms with van der Waals surface area (Å²) in [6, 6.07) is 11.6. The fourth-order valence-corrected chi connectivity index (χ4v) is 3.42. The van der Waals surface area contributed by atoms with Gasteiger partial charge in [-0.15, -0.1) is 0 Å². The largest absolute Gasteiger partial charge is 0.507 e. The molecule has 2 fully saturated rings. The maximum absolute atomic E-state index is 14.6. The van der Waals surface area contributed by atoms with Crippen molar-refractivity contribution in [3.8, 4) is 5.75 Å². The molecule has 7 nitrogen and oxygen atoms in total. The molecular formula is C21H22FN3O4. The number of hydrogen-bond acceptors (Lipinski definition) is 6. The van der Waals surface area contributed by atoms with Crippen molar-refractivity contribution in [3.63, 3.8) is 0 Å². The number of aliphatic imine (C=N–C) groups is 1. The number of phenolic OH excluding ortho intramolecular Hbond substituents is 1. The van der Waals surface area contributed by atoms with E-state index in [1.54, 1.807) is 42.6 Å². The average molecular weight is 399 g/mol. The molecular weight excluding hydrogens is 377 g/mol. The molecule has 2 aliphatic rings. The number of aromatic hydroxyl groups is 1. The number of amides is 1. The molecule has 0 spiro atoms. The lowest BCUT2D eigenvalue weighted by molar-refractivity contribution is 0.122. The Morgan fingerprint density at radius 2 is 2.00 bits per heavy atom. The summed E-state index contributed by atoms with van der Waals surface area (Å²) >= 11 is 0. The molecule has 29 heavy (non-hydrogen) atoms. The van der Waals surface area contributed by atoms with Crippen LogP contribution in [0.5, 0.6) is 5.75 Å². The van der Waals surface area contributed by atoms with Gasteiger partial charge >= 0.3 is 6.09 Å². The van der Waals surface area contributed by atoms with Gasteiger partial charge in [-0.3, -0.25) is 9.89 Å². The Kier molecular flexibility index (Phi) is 5.62. The van der Waals surface area contributed by atoms with Crippen molar-refractivity contribution < 1.29 is 23.8 Å². The summed E-state index contributed by atoms with van der Waals surface area (Å²) < 4.78 is 25.3. The molecule has 4 rings (SSSR count).